The summed E-state index contributed by atoms with van der Waals surface area (Å²) in [6.07, 6.45) is 1.92. The van der Waals surface area contributed by atoms with Gasteiger partial charge in [0.1, 0.15) is 11.3 Å². The fourth-order valence-electron chi connectivity index (χ4n) is 2.29. The van der Waals surface area contributed by atoms with Gasteiger partial charge in [-0.1, -0.05) is 19.4 Å². The van der Waals surface area contributed by atoms with E-state index in [-0.39, 0.29) is 0 Å². The number of aliphatic hydroxyl groups excluding tert-OH is 1. The van der Waals surface area contributed by atoms with E-state index in [9.17, 15) is 14.7 Å². The molecule has 0 fully saturated rings. The van der Waals surface area contributed by atoms with Crippen molar-refractivity contribution in [3.05, 3.63) is 35.8 Å². The lowest BCUT2D eigenvalue weighted by Crippen LogP contribution is -2.48. The van der Waals surface area contributed by atoms with Crippen LogP contribution in [0.5, 0.6) is 0 Å². The number of carbonyl (C=O) groups is 2. The molecule has 2 atom stereocenters. The molecule has 2 heterocycles. The molecule has 7 heteroatoms. The number of carbonyl (C=O) groups excluding carboxylic acids is 1. The lowest BCUT2D eigenvalue weighted by Gasteiger charge is -2.17. The quantitative estimate of drug-likeness (QED) is 0.734. The molecule has 2 aromatic heterocycles. The molecule has 2 rings (SSSR count). The summed E-state index contributed by atoms with van der Waals surface area (Å²) in [5.74, 6) is -1.84. The highest BCUT2D eigenvalue weighted by molar-refractivity contribution is 5.97. The molecule has 3 N–H and O–H groups in total. The first-order valence-electron chi connectivity index (χ1n) is 7.13. The minimum atomic E-state index is -1.36. The van der Waals surface area contributed by atoms with Crippen LogP contribution >= 0.6 is 0 Å². The number of nitrogens with zero attached hydrogens (tertiary/aromatic N) is 2. The molecule has 0 radical (unpaired) electrons. The van der Waals surface area contributed by atoms with E-state index in [1.165, 1.54) is 6.92 Å². The third-order valence-corrected chi connectivity index (χ3v) is 3.34. The molecule has 0 bridgehead atoms. The molecular formula is C15H19N3O4. The summed E-state index contributed by atoms with van der Waals surface area (Å²) in [7, 11) is 0. The first kappa shape index (κ1) is 16.0. The monoisotopic (exact) mass is 305 g/mol. The van der Waals surface area contributed by atoms with Crippen molar-refractivity contribution in [2.45, 2.75) is 38.8 Å². The maximum Gasteiger partial charge on any atom is 0.328 e. The van der Waals surface area contributed by atoms with Crippen LogP contribution in [-0.4, -0.2) is 43.6 Å². The number of nitrogens with one attached hydrogen (secondary N) is 1. The van der Waals surface area contributed by atoms with Gasteiger partial charge in [-0.15, -0.1) is 0 Å². The molecule has 0 saturated heterocycles. The highest BCUT2D eigenvalue weighted by Crippen LogP contribution is 2.15. The number of aliphatic carboxylic acids is 1. The van der Waals surface area contributed by atoms with Crippen molar-refractivity contribution in [3.8, 4) is 0 Å². The van der Waals surface area contributed by atoms with Gasteiger partial charge in [-0.05, 0) is 25.5 Å². The molecule has 118 valence electrons. The summed E-state index contributed by atoms with van der Waals surface area (Å²) in [5, 5.41) is 20.9. The Bertz CT molecular complexity index is 693. The summed E-state index contributed by atoms with van der Waals surface area (Å²) < 4.78 is 1.63. The number of hydrogen-bond donors (Lipinski definition) is 3. The number of aromatic nitrogens is 2. The molecule has 2 unspecified atom stereocenters. The molecule has 2 aromatic rings. The summed E-state index contributed by atoms with van der Waals surface area (Å²) in [4.78, 5) is 28.0. The molecule has 0 aliphatic carbocycles. The van der Waals surface area contributed by atoms with Gasteiger partial charge < -0.3 is 15.5 Å². The van der Waals surface area contributed by atoms with Crippen LogP contribution in [0, 0.1) is 0 Å². The second-order valence-electron chi connectivity index (χ2n) is 5.12. The summed E-state index contributed by atoms with van der Waals surface area (Å²) in [6.45, 7) is 3.29. The van der Waals surface area contributed by atoms with Crippen LogP contribution in [0.4, 0.5) is 0 Å². The number of pyridine rings is 1. The van der Waals surface area contributed by atoms with Crippen LogP contribution < -0.4 is 5.32 Å². The second-order valence-corrected chi connectivity index (χ2v) is 5.12. The maximum atomic E-state index is 12.5. The topological polar surface area (TPSA) is 104 Å². The van der Waals surface area contributed by atoms with E-state index in [0.717, 1.165) is 6.42 Å². The first-order chi connectivity index (χ1) is 10.5. The highest BCUT2D eigenvalue weighted by Gasteiger charge is 2.28. The fourth-order valence-corrected chi connectivity index (χ4v) is 2.29. The minimum absolute atomic E-state index is 0.310. The standard InChI is InChI=1S/C15H19N3O4/c1-3-6-10-13(18-8-5-4-7-11(18)16-10)14(20)17-12(9(2)19)15(21)22/h4-5,7-9,12,19H,3,6H2,1-2H3,(H,17,20)(H,21,22). The van der Waals surface area contributed by atoms with E-state index >= 15 is 0 Å². The van der Waals surface area contributed by atoms with Gasteiger partial charge >= 0.3 is 5.97 Å². The van der Waals surface area contributed by atoms with Gasteiger partial charge in [0.05, 0.1) is 11.8 Å². The van der Waals surface area contributed by atoms with Gasteiger partial charge in [0.25, 0.3) is 5.91 Å². The third-order valence-electron chi connectivity index (χ3n) is 3.34. The van der Waals surface area contributed by atoms with E-state index in [0.29, 0.717) is 23.5 Å². The number of fused-ring (bicyclic) bond motifs is 1. The number of aliphatic hydroxyl groups is 1. The van der Waals surface area contributed by atoms with E-state index in [1.807, 2.05) is 13.0 Å². The van der Waals surface area contributed by atoms with Gasteiger partial charge in [0.15, 0.2) is 6.04 Å². The Labute approximate surface area is 127 Å². The number of carboxylic acids is 1. The van der Waals surface area contributed by atoms with E-state index < -0.39 is 24.0 Å². The Morgan fingerprint density at radius 3 is 2.73 bits per heavy atom. The largest absolute Gasteiger partial charge is 0.480 e. The summed E-state index contributed by atoms with van der Waals surface area (Å²) >= 11 is 0. The number of carboxylic acid groups (broad SMARTS) is 1. The van der Waals surface area contributed by atoms with Crippen LogP contribution in [0.2, 0.25) is 0 Å². The van der Waals surface area contributed by atoms with Gasteiger partial charge in [-0.3, -0.25) is 9.20 Å². The van der Waals surface area contributed by atoms with Crippen LogP contribution in [0.1, 0.15) is 36.5 Å². The van der Waals surface area contributed by atoms with Crippen molar-refractivity contribution in [2.75, 3.05) is 0 Å². The van der Waals surface area contributed by atoms with Crippen molar-refractivity contribution in [1.29, 1.82) is 0 Å². The van der Waals surface area contributed by atoms with Crippen LogP contribution in [0.15, 0.2) is 24.4 Å². The van der Waals surface area contributed by atoms with Gasteiger partial charge in [-0.2, -0.15) is 0 Å². The Kier molecular flexibility index (Phi) is 4.77. The molecule has 22 heavy (non-hydrogen) atoms. The molecule has 0 spiro atoms. The van der Waals surface area contributed by atoms with Crippen molar-refractivity contribution in [1.82, 2.24) is 14.7 Å². The molecule has 0 aliphatic heterocycles. The minimum Gasteiger partial charge on any atom is -0.480 e. The van der Waals surface area contributed by atoms with E-state index in [2.05, 4.69) is 10.3 Å². The van der Waals surface area contributed by atoms with Crippen molar-refractivity contribution >= 4 is 17.5 Å². The number of imidazole rings is 1. The number of aryl methyl sites for hydroxylation is 1. The number of amides is 1. The zero-order valence-electron chi connectivity index (χ0n) is 12.5. The van der Waals surface area contributed by atoms with E-state index in [1.54, 1.807) is 22.7 Å². The zero-order valence-corrected chi connectivity index (χ0v) is 12.5. The normalized spacial score (nSPS) is 13.8. The molecule has 0 aliphatic rings. The van der Waals surface area contributed by atoms with Crippen molar-refractivity contribution < 1.29 is 19.8 Å². The average molecular weight is 305 g/mol. The molecule has 0 aromatic carbocycles. The first-order valence-corrected chi connectivity index (χ1v) is 7.13. The molecule has 0 saturated carbocycles. The maximum absolute atomic E-state index is 12.5. The summed E-state index contributed by atoms with van der Waals surface area (Å²) in [5.41, 5.74) is 1.55. The molecular weight excluding hydrogens is 286 g/mol. The Morgan fingerprint density at radius 1 is 1.41 bits per heavy atom. The highest BCUT2D eigenvalue weighted by atomic mass is 16.4. The fraction of sp³-hybridized carbons (Fsp3) is 0.400. The van der Waals surface area contributed by atoms with Crippen LogP contribution in [0.25, 0.3) is 5.65 Å². The predicted octanol–water partition coefficient (Wildman–Crippen LogP) is 0.851. The second kappa shape index (κ2) is 6.57. The molecule has 7 nitrogen and oxygen atoms in total. The molecule has 1 amide bonds. The van der Waals surface area contributed by atoms with Crippen molar-refractivity contribution in [3.63, 3.8) is 0 Å². The zero-order chi connectivity index (χ0) is 16.3. The number of rotatable bonds is 6. The van der Waals surface area contributed by atoms with Gasteiger partial charge in [-0.25, -0.2) is 9.78 Å². The van der Waals surface area contributed by atoms with Crippen LogP contribution in [0.3, 0.4) is 0 Å². The predicted molar refractivity (Wildman–Crippen MR) is 79.8 cm³/mol. The van der Waals surface area contributed by atoms with E-state index in [4.69, 9.17) is 5.11 Å². The Balaban J connectivity index is 2.41. The smallest absolute Gasteiger partial charge is 0.328 e. The number of hydrogen-bond acceptors (Lipinski definition) is 4. The summed E-state index contributed by atoms with van der Waals surface area (Å²) in [6, 6.07) is 4.00. The Morgan fingerprint density at radius 2 is 2.14 bits per heavy atom. The lowest BCUT2D eigenvalue weighted by atomic mass is 10.1. The Hall–Kier alpha value is -2.41. The van der Waals surface area contributed by atoms with Crippen molar-refractivity contribution in [2.24, 2.45) is 0 Å². The van der Waals surface area contributed by atoms with Crippen LogP contribution in [-0.2, 0) is 11.2 Å². The average Bonchev–Trinajstić information content (AvgIpc) is 2.82. The van der Waals surface area contributed by atoms with Gasteiger partial charge in [0, 0.05) is 6.20 Å². The third kappa shape index (κ3) is 3.09. The van der Waals surface area contributed by atoms with Gasteiger partial charge in [0.2, 0.25) is 0 Å². The SMILES string of the molecule is CCCc1nc2ccccn2c1C(=O)NC(C(=O)O)C(C)O. The lowest BCUT2D eigenvalue weighted by molar-refractivity contribution is -0.141.